The Labute approximate surface area is 217 Å². The number of benzene rings is 3. The van der Waals surface area contributed by atoms with Crippen molar-refractivity contribution in [1.82, 2.24) is 15.1 Å². The number of anilines is 1. The first kappa shape index (κ1) is 24.5. The number of carbonyl (C=O) groups excluding carboxylic acids is 2. The summed E-state index contributed by atoms with van der Waals surface area (Å²) in [6, 6.07) is 18.8. The standard InChI is InChI=1S/C28H24ClFN4O3/c29-23-10-2-1-9-21(23)27(36)32-20-11-12-22(26(35)14-20)24-15-25(18-6-4-7-18)34(33-24)28(37)31-16-17-5-3-8-19(30)13-17/h1-3,5,8-15,18,35H,4,6-7,16H2,(H,31,37)(H,32,36). The average molecular weight is 519 g/mol. The van der Waals surface area contributed by atoms with Crippen molar-refractivity contribution in [2.24, 2.45) is 0 Å². The number of nitrogens with zero attached hydrogens (tertiary/aromatic N) is 2. The molecule has 3 N–H and O–H groups in total. The van der Waals surface area contributed by atoms with Gasteiger partial charge in [0, 0.05) is 29.8 Å². The van der Waals surface area contributed by atoms with Gasteiger partial charge < -0.3 is 15.7 Å². The summed E-state index contributed by atoms with van der Waals surface area (Å²) >= 11 is 6.10. The Morgan fingerprint density at radius 1 is 1.05 bits per heavy atom. The van der Waals surface area contributed by atoms with Gasteiger partial charge in [-0.2, -0.15) is 9.78 Å². The first-order valence-corrected chi connectivity index (χ1v) is 12.3. The highest BCUT2D eigenvalue weighted by atomic mass is 35.5. The molecular weight excluding hydrogens is 495 g/mol. The second kappa shape index (κ2) is 10.4. The minimum atomic E-state index is -0.430. The van der Waals surface area contributed by atoms with Crippen LogP contribution in [0.1, 0.15) is 46.8 Å². The third-order valence-corrected chi connectivity index (χ3v) is 6.77. The van der Waals surface area contributed by atoms with Crippen molar-refractivity contribution in [3.8, 4) is 17.0 Å². The predicted molar refractivity (Wildman–Crippen MR) is 139 cm³/mol. The van der Waals surface area contributed by atoms with Gasteiger partial charge in [0.15, 0.2) is 0 Å². The van der Waals surface area contributed by atoms with Gasteiger partial charge in [-0.3, -0.25) is 4.79 Å². The van der Waals surface area contributed by atoms with E-state index in [0.717, 1.165) is 25.0 Å². The quantitative estimate of drug-likeness (QED) is 0.278. The molecule has 9 heteroatoms. The molecular formula is C28H24ClFN4O3. The van der Waals surface area contributed by atoms with E-state index >= 15 is 0 Å². The van der Waals surface area contributed by atoms with Crippen molar-refractivity contribution in [2.75, 3.05) is 5.32 Å². The molecule has 1 aliphatic rings. The zero-order chi connectivity index (χ0) is 25.9. The molecule has 5 rings (SSSR count). The summed E-state index contributed by atoms with van der Waals surface area (Å²) in [4.78, 5) is 25.6. The summed E-state index contributed by atoms with van der Waals surface area (Å²) < 4.78 is 14.8. The minimum absolute atomic E-state index is 0.0954. The van der Waals surface area contributed by atoms with Gasteiger partial charge in [0.05, 0.1) is 22.0 Å². The zero-order valence-corrected chi connectivity index (χ0v) is 20.5. The van der Waals surface area contributed by atoms with Crippen LogP contribution in [-0.4, -0.2) is 26.8 Å². The van der Waals surface area contributed by atoms with Crippen molar-refractivity contribution in [3.63, 3.8) is 0 Å². The van der Waals surface area contributed by atoms with Crippen LogP contribution >= 0.6 is 11.6 Å². The molecule has 188 valence electrons. The number of aromatic nitrogens is 2. The summed E-state index contributed by atoms with van der Waals surface area (Å²) in [5.41, 5.74) is 2.96. The Bertz CT molecular complexity index is 1480. The van der Waals surface area contributed by atoms with Crippen LogP contribution in [0.5, 0.6) is 5.75 Å². The van der Waals surface area contributed by atoms with Gasteiger partial charge in [-0.25, -0.2) is 9.18 Å². The number of amides is 2. The van der Waals surface area contributed by atoms with Crippen LogP contribution in [0.3, 0.4) is 0 Å². The van der Waals surface area contributed by atoms with Crippen molar-refractivity contribution in [1.29, 1.82) is 0 Å². The van der Waals surface area contributed by atoms with E-state index in [-0.39, 0.29) is 24.0 Å². The molecule has 0 aliphatic heterocycles. The van der Waals surface area contributed by atoms with E-state index in [1.54, 1.807) is 48.5 Å². The van der Waals surface area contributed by atoms with Crippen molar-refractivity contribution >= 4 is 29.2 Å². The molecule has 0 atom stereocenters. The fraction of sp³-hybridized carbons (Fsp3) is 0.179. The van der Waals surface area contributed by atoms with E-state index in [9.17, 15) is 19.1 Å². The fourth-order valence-corrected chi connectivity index (χ4v) is 4.48. The molecule has 7 nitrogen and oxygen atoms in total. The molecule has 4 aromatic rings. The number of rotatable bonds is 6. The monoisotopic (exact) mass is 518 g/mol. The highest BCUT2D eigenvalue weighted by Gasteiger charge is 2.27. The summed E-state index contributed by atoms with van der Waals surface area (Å²) in [5.74, 6) is -0.672. The predicted octanol–water partition coefficient (Wildman–Crippen LogP) is 6.33. The molecule has 3 aromatic carbocycles. The lowest BCUT2D eigenvalue weighted by molar-refractivity contribution is 0.102. The van der Waals surface area contributed by atoms with E-state index in [1.165, 1.54) is 22.9 Å². The molecule has 0 radical (unpaired) electrons. The highest BCUT2D eigenvalue weighted by molar-refractivity contribution is 6.34. The number of hydrogen-bond acceptors (Lipinski definition) is 4. The lowest BCUT2D eigenvalue weighted by Gasteiger charge is -2.25. The Morgan fingerprint density at radius 2 is 1.86 bits per heavy atom. The van der Waals surface area contributed by atoms with Crippen LogP contribution in [0.2, 0.25) is 5.02 Å². The van der Waals surface area contributed by atoms with Gasteiger partial charge in [-0.05, 0) is 60.9 Å². The Kier molecular flexibility index (Phi) is 6.92. The molecule has 0 spiro atoms. The second-order valence-electron chi connectivity index (χ2n) is 8.95. The van der Waals surface area contributed by atoms with Crippen molar-refractivity contribution < 1.29 is 19.1 Å². The molecule has 1 aromatic heterocycles. The van der Waals surface area contributed by atoms with Crippen molar-refractivity contribution in [2.45, 2.75) is 31.7 Å². The maximum Gasteiger partial charge on any atom is 0.342 e. The van der Waals surface area contributed by atoms with E-state index < -0.39 is 11.9 Å². The summed E-state index contributed by atoms with van der Waals surface area (Å²) in [6.07, 6.45) is 2.96. The number of aromatic hydroxyl groups is 1. The molecule has 1 fully saturated rings. The smallest absolute Gasteiger partial charge is 0.342 e. The normalized spacial score (nSPS) is 13.1. The molecule has 0 unspecified atom stereocenters. The lowest BCUT2D eigenvalue weighted by atomic mass is 9.82. The first-order valence-electron chi connectivity index (χ1n) is 11.9. The number of halogens is 2. The Balaban J connectivity index is 1.36. The minimum Gasteiger partial charge on any atom is -0.507 e. The van der Waals surface area contributed by atoms with Crippen LogP contribution in [0.4, 0.5) is 14.9 Å². The molecule has 1 aliphatic carbocycles. The number of phenols is 1. The molecule has 2 amide bonds. The maximum atomic E-state index is 13.5. The van der Waals surface area contributed by atoms with E-state index in [2.05, 4.69) is 15.7 Å². The Morgan fingerprint density at radius 3 is 2.57 bits per heavy atom. The third-order valence-electron chi connectivity index (χ3n) is 6.44. The van der Waals surface area contributed by atoms with Gasteiger partial charge >= 0.3 is 6.03 Å². The SMILES string of the molecule is O=C(Nc1ccc(-c2cc(C3CCC3)n(C(=O)NCc3cccc(F)c3)n2)c(O)c1)c1ccccc1Cl. The van der Waals surface area contributed by atoms with Crippen LogP contribution in [0.25, 0.3) is 11.3 Å². The zero-order valence-electron chi connectivity index (χ0n) is 19.7. The van der Waals surface area contributed by atoms with Gasteiger partial charge in [0.1, 0.15) is 11.6 Å². The summed E-state index contributed by atoms with van der Waals surface area (Å²) in [7, 11) is 0. The largest absolute Gasteiger partial charge is 0.507 e. The lowest BCUT2D eigenvalue weighted by Crippen LogP contribution is -2.31. The van der Waals surface area contributed by atoms with Crippen LogP contribution in [-0.2, 0) is 6.54 Å². The summed E-state index contributed by atoms with van der Waals surface area (Å²) in [5, 5.41) is 21.1. The average Bonchev–Trinajstić information content (AvgIpc) is 3.26. The van der Waals surface area contributed by atoms with Crippen LogP contribution in [0, 0.1) is 5.82 Å². The second-order valence-corrected chi connectivity index (χ2v) is 9.36. The topological polar surface area (TPSA) is 96.3 Å². The maximum absolute atomic E-state index is 13.5. The van der Waals surface area contributed by atoms with E-state index in [4.69, 9.17) is 11.6 Å². The van der Waals surface area contributed by atoms with Gasteiger partial charge in [0.25, 0.3) is 5.91 Å². The number of phenolic OH excluding ortho intramolecular Hbond substituents is 1. The number of hydrogen-bond donors (Lipinski definition) is 3. The molecule has 1 saturated carbocycles. The van der Waals surface area contributed by atoms with Gasteiger partial charge in [0.2, 0.25) is 0 Å². The number of carbonyl (C=O) groups is 2. The molecule has 0 saturated heterocycles. The van der Waals surface area contributed by atoms with E-state index in [0.29, 0.717) is 33.1 Å². The van der Waals surface area contributed by atoms with Crippen molar-refractivity contribution in [3.05, 3.63) is 100 Å². The van der Waals surface area contributed by atoms with Gasteiger partial charge in [-0.1, -0.05) is 42.3 Å². The fourth-order valence-electron chi connectivity index (χ4n) is 4.25. The molecule has 37 heavy (non-hydrogen) atoms. The van der Waals surface area contributed by atoms with Gasteiger partial charge in [-0.15, -0.1) is 0 Å². The summed E-state index contributed by atoms with van der Waals surface area (Å²) in [6.45, 7) is 0.154. The number of nitrogens with one attached hydrogen (secondary N) is 2. The first-order chi connectivity index (χ1) is 17.9. The molecule has 1 heterocycles. The Hall–Kier alpha value is -4.17. The molecule has 0 bridgehead atoms. The van der Waals surface area contributed by atoms with E-state index in [1.807, 2.05) is 6.07 Å². The van der Waals surface area contributed by atoms with Crippen LogP contribution in [0.15, 0.2) is 72.8 Å². The highest BCUT2D eigenvalue weighted by Crippen LogP contribution is 2.39. The third kappa shape index (κ3) is 5.34. The van der Waals surface area contributed by atoms with Crippen LogP contribution < -0.4 is 10.6 Å².